The van der Waals surface area contributed by atoms with Crippen LogP contribution < -0.4 is 10.6 Å². The van der Waals surface area contributed by atoms with Crippen molar-refractivity contribution >= 4 is 11.7 Å². The zero-order valence-electron chi connectivity index (χ0n) is 12.0. The van der Waals surface area contributed by atoms with E-state index in [-0.39, 0.29) is 5.91 Å². The van der Waals surface area contributed by atoms with Crippen LogP contribution in [0.2, 0.25) is 0 Å². The van der Waals surface area contributed by atoms with Gasteiger partial charge in [0.2, 0.25) is 0 Å². The van der Waals surface area contributed by atoms with Gasteiger partial charge >= 0.3 is 0 Å². The van der Waals surface area contributed by atoms with Gasteiger partial charge < -0.3 is 15.4 Å². The average molecular weight is 266 g/mol. The van der Waals surface area contributed by atoms with E-state index in [0.717, 1.165) is 6.42 Å². The number of carbonyl (C=O) groups excluding carboxylic acids is 1. The van der Waals surface area contributed by atoms with Gasteiger partial charge in [-0.25, -0.2) is 9.97 Å². The van der Waals surface area contributed by atoms with Crippen LogP contribution in [0.1, 0.15) is 36.6 Å². The van der Waals surface area contributed by atoms with Crippen molar-refractivity contribution in [3.63, 3.8) is 0 Å². The molecule has 0 radical (unpaired) electrons. The molecule has 1 aromatic heterocycles. The number of carbonyl (C=O) groups is 1. The molecular weight excluding hydrogens is 244 g/mol. The van der Waals surface area contributed by atoms with E-state index in [1.54, 1.807) is 20.1 Å². The lowest BCUT2D eigenvalue weighted by atomic mass is 10.2. The van der Waals surface area contributed by atoms with Gasteiger partial charge in [0.05, 0.1) is 6.61 Å². The molecule has 1 rings (SSSR count). The summed E-state index contributed by atoms with van der Waals surface area (Å²) in [5.74, 6) is 1.04. The van der Waals surface area contributed by atoms with Gasteiger partial charge in [-0.3, -0.25) is 4.79 Å². The fraction of sp³-hybridized carbons (Fsp3) is 0.615. The molecule has 0 saturated heterocycles. The minimum Gasteiger partial charge on any atom is -0.383 e. The number of hydrogen-bond acceptors (Lipinski definition) is 5. The minimum atomic E-state index is -0.213. The summed E-state index contributed by atoms with van der Waals surface area (Å²) in [5.41, 5.74) is 0.370. The van der Waals surface area contributed by atoms with E-state index in [0.29, 0.717) is 36.5 Å². The molecule has 19 heavy (non-hydrogen) atoms. The number of nitrogens with one attached hydrogen (secondary N) is 2. The number of anilines is 1. The zero-order chi connectivity index (χ0) is 14.3. The normalized spacial score (nSPS) is 12.0. The maximum atomic E-state index is 11.9. The Morgan fingerprint density at radius 2 is 2.21 bits per heavy atom. The highest BCUT2D eigenvalue weighted by atomic mass is 16.5. The SMILES string of the molecule is CCC(C)Nc1cc(C(=O)NCCOC)nc(C)n1. The van der Waals surface area contributed by atoms with Crippen molar-refractivity contribution in [1.82, 2.24) is 15.3 Å². The number of methoxy groups -OCH3 is 1. The Balaban J connectivity index is 2.75. The van der Waals surface area contributed by atoms with Crippen molar-refractivity contribution in [2.45, 2.75) is 33.2 Å². The van der Waals surface area contributed by atoms with Crippen LogP contribution in [0.3, 0.4) is 0 Å². The molecule has 0 bridgehead atoms. The summed E-state index contributed by atoms with van der Waals surface area (Å²) in [6.07, 6.45) is 0.985. The first kappa shape index (κ1) is 15.4. The second-order valence-electron chi connectivity index (χ2n) is 4.39. The van der Waals surface area contributed by atoms with Crippen LogP contribution in [0.4, 0.5) is 5.82 Å². The highest BCUT2D eigenvalue weighted by molar-refractivity contribution is 5.92. The molecule has 106 valence electrons. The standard InChI is InChI=1S/C13H22N4O2/c1-5-9(2)15-12-8-11(16-10(3)17-12)13(18)14-6-7-19-4/h8-9H,5-7H2,1-4H3,(H,14,18)(H,15,16,17). The lowest BCUT2D eigenvalue weighted by molar-refractivity contribution is 0.0931. The number of hydrogen-bond donors (Lipinski definition) is 2. The number of aryl methyl sites for hydroxylation is 1. The van der Waals surface area contributed by atoms with Gasteiger partial charge in [0.1, 0.15) is 17.3 Å². The summed E-state index contributed by atoms with van der Waals surface area (Å²) >= 11 is 0. The highest BCUT2D eigenvalue weighted by Crippen LogP contribution is 2.09. The summed E-state index contributed by atoms with van der Waals surface area (Å²) in [6, 6.07) is 1.97. The minimum absolute atomic E-state index is 0.213. The average Bonchev–Trinajstić information content (AvgIpc) is 2.38. The zero-order valence-corrected chi connectivity index (χ0v) is 12.0. The van der Waals surface area contributed by atoms with Crippen LogP contribution >= 0.6 is 0 Å². The van der Waals surface area contributed by atoms with Crippen molar-refractivity contribution in [1.29, 1.82) is 0 Å². The first-order valence-corrected chi connectivity index (χ1v) is 6.46. The second-order valence-corrected chi connectivity index (χ2v) is 4.39. The molecule has 1 atom stereocenters. The predicted octanol–water partition coefficient (Wildman–Crippen LogP) is 1.37. The van der Waals surface area contributed by atoms with Crippen molar-refractivity contribution in [3.8, 4) is 0 Å². The maximum absolute atomic E-state index is 11.9. The number of rotatable bonds is 7. The van der Waals surface area contributed by atoms with Crippen molar-refractivity contribution < 1.29 is 9.53 Å². The third-order valence-electron chi connectivity index (χ3n) is 2.67. The number of ether oxygens (including phenoxy) is 1. The predicted molar refractivity (Wildman–Crippen MR) is 74.4 cm³/mol. The van der Waals surface area contributed by atoms with Crippen LogP contribution in [0.25, 0.3) is 0 Å². The first-order valence-electron chi connectivity index (χ1n) is 6.46. The number of nitrogens with zero attached hydrogens (tertiary/aromatic N) is 2. The van der Waals surface area contributed by atoms with Gasteiger partial charge in [-0.05, 0) is 20.3 Å². The number of aromatic nitrogens is 2. The third kappa shape index (κ3) is 5.21. The van der Waals surface area contributed by atoms with Crippen LogP contribution in [-0.2, 0) is 4.74 Å². The van der Waals surface area contributed by atoms with Crippen LogP contribution in [-0.4, -0.2) is 42.2 Å². The Hall–Kier alpha value is -1.69. The van der Waals surface area contributed by atoms with E-state index >= 15 is 0 Å². The smallest absolute Gasteiger partial charge is 0.270 e. The van der Waals surface area contributed by atoms with Crippen molar-refractivity contribution in [2.75, 3.05) is 25.6 Å². The Morgan fingerprint density at radius 1 is 1.47 bits per heavy atom. The Kier molecular flexibility index (Phi) is 6.21. The molecular formula is C13H22N4O2. The van der Waals surface area contributed by atoms with Crippen molar-refractivity contribution in [2.24, 2.45) is 0 Å². The molecule has 1 unspecified atom stereocenters. The first-order chi connectivity index (χ1) is 9.06. The molecule has 0 fully saturated rings. The fourth-order valence-corrected chi connectivity index (χ4v) is 1.47. The molecule has 1 amide bonds. The largest absolute Gasteiger partial charge is 0.383 e. The van der Waals surface area contributed by atoms with Gasteiger partial charge in [0, 0.05) is 25.8 Å². The van der Waals surface area contributed by atoms with Crippen molar-refractivity contribution in [3.05, 3.63) is 17.6 Å². The van der Waals surface area contributed by atoms with E-state index in [1.807, 2.05) is 0 Å². The molecule has 0 aliphatic rings. The summed E-state index contributed by atoms with van der Waals surface area (Å²) in [6.45, 7) is 6.87. The molecule has 1 heterocycles. The van der Waals surface area contributed by atoms with E-state index in [1.165, 1.54) is 0 Å². The van der Waals surface area contributed by atoms with E-state index in [2.05, 4.69) is 34.4 Å². The van der Waals surface area contributed by atoms with Gasteiger partial charge in [-0.1, -0.05) is 6.92 Å². The van der Waals surface area contributed by atoms with Gasteiger partial charge in [0.15, 0.2) is 0 Å². The molecule has 0 aliphatic heterocycles. The van der Waals surface area contributed by atoms with Crippen LogP contribution in [0.5, 0.6) is 0 Å². The van der Waals surface area contributed by atoms with E-state index < -0.39 is 0 Å². The molecule has 1 aromatic rings. The molecule has 0 aromatic carbocycles. The van der Waals surface area contributed by atoms with Gasteiger partial charge in [-0.2, -0.15) is 0 Å². The molecule has 0 aliphatic carbocycles. The molecule has 0 spiro atoms. The summed E-state index contributed by atoms with van der Waals surface area (Å²) in [7, 11) is 1.59. The van der Waals surface area contributed by atoms with Gasteiger partial charge in [0.25, 0.3) is 5.91 Å². The summed E-state index contributed by atoms with van der Waals surface area (Å²) in [4.78, 5) is 20.3. The van der Waals surface area contributed by atoms with Gasteiger partial charge in [-0.15, -0.1) is 0 Å². The topological polar surface area (TPSA) is 76.1 Å². The molecule has 0 saturated carbocycles. The fourth-order valence-electron chi connectivity index (χ4n) is 1.47. The number of amides is 1. The highest BCUT2D eigenvalue weighted by Gasteiger charge is 2.10. The lowest BCUT2D eigenvalue weighted by Crippen LogP contribution is -2.28. The third-order valence-corrected chi connectivity index (χ3v) is 2.67. The second kappa shape index (κ2) is 7.68. The van der Waals surface area contributed by atoms with Crippen LogP contribution in [0, 0.1) is 6.92 Å². The van der Waals surface area contributed by atoms with E-state index in [9.17, 15) is 4.79 Å². The van der Waals surface area contributed by atoms with E-state index in [4.69, 9.17) is 4.74 Å². The summed E-state index contributed by atoms with van der Waals surface area (Å²) < 4.78 is 4.88. The molecule has 6 nitrogen and oxygen atoms in total. The monoisotopic (exact) mass is 266 g/mol. The Bertz CT molecular complexity index is 423. The quantitative estimate of drug-likeness (QED) is 0.729. The summed E-state index contributed by atoms with van der Waals surface area (Å²) in [5, 5.41) is 5.98. The molecule has 2 N–H and O–H groups in total. The lowest BCUT2D eigenvalue weighted by Gasteiger charge is -2.13. The Morgan fingerprint density at radius 3 is 2.84 bits per heavy atom. The maximum Gasteiger partial charge on any atom is 0.270 e. The van der Waals surface area contributed by atoms with Crippen LogP contribution in [0.15, 0.2) is 6.07 Å². The molecule has 6 heteroatoms. The Labute approximate surface area is 114 Å².